The van der Waals surface area contributed by atoms with Crippen LogP contribution >= 0.6 is 0 Å². The van der Waals surface area contributed by atoms with Crippen LogP contribution < -0.4 is 0 Å². The van der Waals surface area contributed by atoms with Gasteiger partial charge in [0.05, 0.1) is 0 Å². The summed E-state index contributed by atoms with van der Waals surface area (Å²) in [4.78, 5) is 23.5. The Morgan fingerprint density at radius 1 is 1.73 bits per heavy atom. The molecule has 0 aromatic heterocycles. The molecule has 11 heavy (non-hydrogen) atoms. The van der Waals surface area contributed by atoms with Crippen molar-refractivity contribution in [2.75, 3.05) is 6.54 Å². The maximum absolute atomic E-state index is 11.2. The van der Waals surface area contributed by atoms with E-state index in [4.69, 9.17) is 0 Å². The van der Waals surface area contributed by atoms with Crippen LogP contribution in [-0.4, -0.2) is 23.3 Å². The van der Waals surface area contributed by atoms with E-state index in [0.29, 0.717) is 13.0 Å². The van der Waals surface area contributed by atoms with Gasteiger partial charge in [-0.1, -0.05) is 13.0 Å². The molecule has 0 bridgehead atoms. The summed E-state index contributed by atoms with van der Waals surface area (Å²) >= 11 is 0. The van der Waals surface area contributed by atoms with Crippen LogP contribution in [0.4, 0.5) is 0 Å². The molecule has 0 N–H and O–H groups in total. The number of rotatable bonds is 2. The van der Waals surface area contributed by atoms with Crippen LogP contribution in [-0.2, 0) is 9.59 Å². The molecule has 1 aliphatic heterocycles. The van der Waals surface area contributed by atoms with Gasteiger partial charge in [0.1, 0.15) is 0 Å². The fourth-order valence-electron chi connectivity index (χ4n) is 1.17. The Balaban J connectivity index is 2.71. The molecule has 1 aliphatic rings. The topological polar surface area (TPSA) is 37.4 Å². The molecule has 1 atom stereocenters. The highest BCUT2D eigenvalue weighted by Crippen LogP contribution is 2.17. The Bertz CT molecular complexity index is 210. The number of nitrogens with zero attached hydrogens (tertiary/aromatic N) is 1. The van der Waals surface area contributed by atoms with Gasteiger partial charge < -0.3 is 0 Å². The Hall–Kier alpha value is -1.12. The van der Waals surface area contributed by atoms with Crippen LogP contribution in [0.2, 0.25) is 0 Å². The minimum Gasteiger partial charge on any atom is -0.278 e. The fourth-order valence-corrected chi connectivity index (χ4v) is 1.17. The Morgan fingerprint density at radius 3 is 2.73 bits per heavy atom. The smallest absolute Gasteiger partial charge is 0.232 e. The van der Waals surface area contributed by atoms with Gasteiger partial charge in [0.25, 0.3) is 0 Å². The third-order valence-electron chi connectivity index (χ3n) is 1.78. The first-order chi connectivity index (χ1) is 5.16. The first kappa shape index (κ1) is 7.98. The summed E-state index contributed by atoms with van der Waals surface area (Å²) in [6.07, 6.45) is 1.92. The second-order valence-corrected chi connectivity index (χ2v) is 2.74. The molecule has 1 fully saturated rings. The minimum absolute atomic E-state index is 0.0742. The average molecular weight is 153 g/mol. The lowest BCUT2D eigenvalue weighted by molar-refractivity contribution is -0.138. The number of amides is 2. The van der Waals surface area contributed by atoms with E-state index < -0.39 is 0 Å². The molecule has 0 saturated carbocycles. The molecule has 1 rings (SSSR count). The fraction of sp³-hybridized carbons (Fsp3) is 0.500. The van der Waals surface area contributed by atoms with E-state index in [-0.39, 0.29) is 17.7 Å². The van der Waals surface area contributed by atoms with E-state index >= 15 is 0 Å². The van der Waals surface area contributed by atoms with E-state index in [0.717, 1.165) is 0 Å². The predicted octanol–water partition coefficient (Wildman–Crippen LogP) is 0.567. The SMILES string of the molecule is C=CCN1C(=O)CC(C)C1=O. The summed E-state index contributed by atoms with van der Waals surface area (Å²) in [6, 6.07) is 0. The summed E-state index contributed by atoms with van der Waals surface area (Å²) in [5.74, 6) is -0.292. The molecule has 60 valence electrons. The summed E-state index contributed by atoms with van der Waals surface area (Å²) in [6.45, 7) is 5.59. The van der Waals surface area contributed by atoms with E-state index in [1.165, 1.54) is 4.90 Å². The molecule has 3 heteroatoms. The second-order valence-electron chi connectivity index (χ2n) is 2.74. The highest BCUT2D eigenvalue weighted by molar-refractivity contribution is 6.03. The van der Waals surface area contributed by atoms with Crippen LogP contribution in [0.3, 0.4) is 0 Å². The van der Waals surface area contributed by atoms with Crippen molar-refractivity contribution in [1.82, 2.24) is 4.90 Å². The van der Waals surface area contributed by atoms with Crippen molar-refractivity contribution < 1.29 is 9.59 Å². The van der Waals surface area contributed by atoms with E-state index in [1.807, 2.05) is 0 Å². The average Bonchev–Trinajstić information content (AvgIpc) is 2.17. The molecular formula is C8H11NO2. The van der Waals surface area contributed by atoms with Gasteiger partial charge in [-0.2, -0.15) is 0 Å². The lowest BCUT2D eigenvalue weighted by atomic mass is 10.1. The van der Waals surface area contributed by atoms with Crippen LogP contribution in [0.5, 0.6) is 0 Å². The van der Waals surface area contributed by atoms with Gasteiger partial charge in [-0.25, -0.2) is 0 Å². The van der Waals surface area contributed by atoms with E-state index in [2.05, 4.69) is 6.58 Å². The summed E-state index contributed by atoms with van der Waals surface area (Å²) < 4.78 is 0. The minimum atomic E-state index is -0.137. The molecule has 1 heterocycles. The molecular weight excluding hydrogens is 142 g/mol. The maximum Gasteiger partial charge on any atom is 0.232 e. The Labute approximate surface area is 65.7 Å². The second kappa shape index (κ2) is 2.86. The lowest BCUT2D eigenvalue weighted by Crippen LogP contribution is -2.30. The third-order valence-corrected chi connectivity index (χ3v) is 1.78. The van der Waals surface area contributed by atoms with Gasteiger partial charge in [-0.15, -0.1) is 6.58 Å². The Kier molecular flexibility index (Phi) is 2.08. The van der Waals surface area contributed by atoms with Crippen molar-refractivity contribution in [2.24, 2.45) is 5.92 Å². The van der Waals surface area contributed by atoms with Gasteiger partial charge in [-0.05, 0) is 0 Å². The van der Waals surface area contributed by atoms with Gasteiger partial charge in [0.15, 0.2) is 0 Å². The monoisotopic (exact) mass is 153 g/mol. The van der Waals surface area contributed by atoms with Crippen molar-refractivity contribution in [3.63, 3.8) is 0 Å². The number of imide groups is 1. The first-order valence-corrected chi connectivity index (χ1v) is 3.62. The molecule has 0 radical (unpaired) electrons. The molecule has 2 amide bonds. The zero-order chi connectivity index (χ0) is 8.43. The van der Waals surface area contributed by atoms with Crippen molar-refractivity contribution in [2.45, 2.75) is 13.3 Å². The summed E-state index contributed by atoms with van der Waals surface area (Å²) in [5, 5.41) is 0. The number of hydrogen-bond acceptors (Lipinski definition) is 2. The zero-order valence-corrected chi connectivity index (χ0v) is 6.54. The lowest BCUT2D eigenvalue weighted by Gasteiger charge is -2.09. The maximum atomic E-state index is 11.2. The molecule has 0 aromatic carbocycles. The quantitative estimate of drug-likeness (QED) is 0.429. The van der Waals surface area contributed by atoms with Crippen LogP contribution in [0.15, 0.2) is 12.7 Å². The van der Waals surface area contributed by atoms with Crippen molar-refractivity contribution in [3.05, 3.63) is 12.7 Å². The van der Waals surface area contributed by atoms with Crippen LogP contribution in [0.25, 0.3) is 0 Å². The van der Waals surface area contributed by atoms with E-state index in [9.17, 15) is 9.59 Å². The highest BCUT2D eigenvalue weighted by atomic mass is 16.2. The van der Waals surface area contributed by atoms with E-state index in [1.54, 1.807) is 13.0 Å². The molecule has 0 aliphatic carbocycles. The standard InChI is InChI=1S/C8H11NO2/c1-3-4-9-7(10)5-6(2)8(9)11/h3,6H,1,4-5H2,2H3. The molecule has 3 nitrogen and oxygen atoms in total. The summed E-state index contributed by atoms with van der Waals surface area (Å²) in [5.41, 5.74) is 0. The van der Waals surface area contributed by atoms with Gasteiger partial charge in [0, 0.05) is 18.9 Å². The molecule has 1 unspecified atom stereocenters. The highest BCUT2D eigenvalue weighted by Gasteiger charge is 2.34. The van der Waals surface area contributed by atoms with Crippen molar-refractivity contribution in [3.8, 4) is 0 Å². The Morgan fingerprint density at radius 2 is 2.36 bits per heavy atom. The normalized spacial score (nSPS) is 24.5. The first-order valence-electron chi connectivity index (χ1n) is 3.62. The van der Waals surface area contributed by atoms with Crippen LogP contribution in [0.1, 0.15) is 13.3 Å². The molecule has 0 spiro atoms. The predicted molar refractivity (Wildman–Crippen MR) is 40.7 cm³/mol. The van der Waals surface area contributed by atoms with Crippen molar-refractivity contribution in [1.29, 1.82) is 0 Å². The van der Waals surface area contributed by atoms with Crippen LogP contribution in [0, 0.1) is 5.92 Å². The van der Waals surface area contributed by atoms with Gasteiger partial charge >= 0.3 is 0 Å². The van der Waals surface area contributed by atoms with Crippen molar-refractivity contribution >= 4 is 11.8 Å². The number of carbonyl (C=O) groups is 2. The van der Waals surface area contributed by atoms with Gasteiger partial charge in [-0.3, -0.25) is 14.5 Å². The third kappa shape index (κ3) is 1.31. The zero-order valence-electron chi connectivity index (χ0n) is 6.54. The molecule has 1 saturated heterocycles. The molecule has 0 aromatic rings. The summed E-state index contributed by atoms with van der Waals surface area (Å²) in [7, 11) is 0. The number of carbonyl (C=O) groups excluding carboxylic acids is 2. The van der Waals surface area contributed by atoms with Gasteiger partial charge in [0.2, 0.25) is 11.8 Å². The number of likely N-dealkylation sites (tertiary alicyclic amines) is 1. The number of hydrogen-bond donors (Lipinski definition) is 0. The largest absolute Gasteiger partial charge is 0.278 e.